The minimum Gasteiger partial charge on any atom is -0.345 e. The van der Waals surface area contributed by atoms with E-state index >= 15 is 0 Å². The molecule has 0 aromatic carbocycles. The Morgan fingerprint density at radius 3 is 2.71 bits per heavy atom. The second-order valence-corrected chi connectivity index (χ2v) is 8.13. The van der Waals surface area contributed by atoms with Gasteiger partial charge in [-0.3, -0.25) is 0 Å². The summed E-state index contributed by atoms with van der Waals surface area (Å²) in [6.45, 7) is 12.5. The highest BCUT2D eigenvalue weighted by molar-refractivity contribution is 7.15. The third-order valence-corrected chi connectivity index (χ3v) is 6.17. The van der Waals surface area contributed by atoms with E-state index in [1.165, 1.54) is 41.5 Å². The first-order valence-electron chi connectivity index (χ1n) is 8.57. The van der Waals surface area contributed by atoms with Crippen molar-refractivity contribution >= 4 is 16.5 Å². The second-order valence-electron chi connectivity index (χ2n) is 7.07. The third kappa shape index (κ3) is 3.26. The molecule has 0 bridgehead atoms. The lowest BCUT2D eigenvalue weighted by Gasteiger charge is -2.41. The Bertz CT molecular complexity index is 480. The van der Waals surface area contributed by atoms with Gasteiger partial charge in [-0.2, -0.15) is 0 Å². The maximum atomic E-state index is 5.07. The van der Waals surface area contributed by atoms with Gasteiger partial charge >= 0.3 is 0 Å². The molecule has 0 radical (unpaired) electrons. The van der Waals surface area contributed by atoms with Crippen molar-refractivity contribution in [2.24, 2.45) is 11.8 Å². The Hall–Kier alpha value is -0.610. The van der Waals surface area contributed by atoms with Crippen molar-refractivity contribution in [2.75, 3.05) is 18.0 Å². The molecule has 2 heterocycles. The topological polar surface area (TPSA) is 28.2 Å². The number of hydrogen-bond donors (Lipinski definition) is 1. The zero-order valence-electron chi connectivity index (χ0n) is 13.9. The van der Waals surface area contributed by atoms with Crippen LogP contribution >= 0.6 is 11.3 Å². The molecule has 1 N–H and O–H groups in total. The van der Waals surface area contributed by atoms with Gasteiger partial charge in [-0.1, -0.05) is 20.8 Å². The van der Waals surface area contributed by atoms with E-state index in [9.17, 15) is 0 Å². The van der Waals surface area contributed by atoms with E-state index in [-0.39, 0.29) is 0 Å². The summed E-state index contributed by atoms with van der Waals surface area (Å²) in [6, 6.07) is 0.617. The van der Waals surface area contributed by atoms with Crippen molar-refractivity contribution in [1.82, 2.24) is 10.3 Å². The summed E-state index contributed by atoms with van der Waals surface area (Å²) in [6.07, 6.45) is 4.03. The van der Waals surface area contributed by atoms with Gasteiger partial charge in [0.15, 0.2) is 5.13 Å². The van der Waals surface area contributed by atoms with Gasteiger partial charge in [-0.05, 0) is 44.6 Å². The highest BCUT2D eigenvalue weighted by atomic mass is 32.1. The van der Waals surface area contributed by atoms with Gasteiger partial charge in [0.1, 0.15) is 0 Å². The van der Waals surface area contributed by atoms with Gasteiger partial charge in [0.05, 0.1) is 5.69 Å². The van der Waals surface area contributed by atoms with Crippen LogP contribution in [0.25, 0.3) is 0 Å². The van der Waals surface area contributed by atoms with E-state index in [0.717, 1.165) is 30.8 Å². The van der Waals surface area contributed by atoms with E-state index in [2.05, 4.69) is 37.9 Å². The molecule has 1 saturated heterocycles. The molecular formula is C17H29N3S. The number of thiazole rings is 1. The number of hydrogen-bond acceptors (Lipinski definition) is 4. The van der Waals surface area contributed by atoms with Crippen molar-refractivity contribution in [1.29, 1.82) is 0 Å². The predicted octanol–water partition coefficient (Wildman–Crippen LogP) is 4.00. The highest BCUT2D eigenvalue weighted by Crippen LogP contribution is 2.45. The minimum atomic E-state index is 0.617. The molecule has 21 heavy (non-hydrogen) atoms. The lowest BCUT2D eigenvalue weighted by Crippen LogP contribution is -2.45. The summed E-state index contributed by atoms with van der Waals surface area (Å²) in [5, 5.41) is 4.76. The molecule has 3 unspecified atom stereocenters. The van der Waals surface area contributed by atoms with Gasteiger partial charge < -0.3 is 10.2 Å². The molecule has 2 aliphatic rings. The smallest absolute Gasteiger partial charge is 0.186 e. The fourth-order valence-electron chi connectivity index (χ4n) is 3.48. The highest BCUT2D eigenvalue weighted by Gasteiger charge is 2.34. The van der Waals surface area contributed by atoms with Gasteiger partial charge in [-0.25, -0.2) is 4.98 Å². The van der Waals surface area contributed by atoms with Gasteiger partial charge in [-0.15, -0.1) is 11.3 Å². The van der Waals surface area contributed by atoms with Gasteiger partial charge in [0, 0.05) is 29.9 Å². The number of nitrogens with one attached hydrogen (secondary N) is 1. The zero-order valence-corrected chi connectivity index (χ0v) is 14.7. The molecule has 0 amide bonds. The summed E-state index contributed by atoms with van der Waals surface area (Å²) >= 11 is 1.93. The normalized spacial score (nSPS) is 29.9. The average Bonchev–Trinajstić information content (AvgIpc) is 3.21. The van der Waals surface area contributed by atoms with E-state index in [1.54, 1.807) is 0 Å². The van der Waals surface area contributed by atoms with Crippen LogP contribution in [-0.4, -0.2) is 24.1 Å². The predicted molar refractivity (Wildman–Crippen MR) is 91.2 cm³/mol. The van der Waals surface area contributed by atoms with Gasteiger partial charge in [0.25, 0.3) is 0 Å². The lowest BCUT2D eigenvalue weighted by atomic mass is 9.86. The quantitative estimate of drug-likeness (QED) is 0.891. The van der Waals surface area contributed by atoms with Crippen LogP contribution in [0, 0.1) is 11.8 Å². The molecule has 4 heteroatoms. The van der Waals surface area contributed by atoms with Crippen molar-refractivity contribution in [3.05, 3.63) is 10.6 Å². The van der Waals surface area contributed by atoms with Crippen LogP contribution in [-0.2, 0) is 6.54 Å². The molecular weight excluding hydrogens is 278 g/mol. The second kappa shape index (κ2) is 6.25. The standard InChI is InChI=1S/C17H29N3S/c1-5-18-9-15-16(14-6-7-14)19-17(21-15)20-10-11(2)8-12(3)13(20)4/h11-14,18H,5-10H2,1-4H3. The van der Waals surface area contributed by atoms with Crippen LogP contribution in [0.5, 0.6) is 0 Å². The molecule has 1 saturated carbocycles. The van der Waals surface area contributed by atoms with E-state index in [0.29, 0.717) is 6.04 Å². The van der Waals surface area contributed by atoms with E-state index < -0.39 is 0 Å². The summed E-state index contributed by atoms with van der Waals surface area (Å²) in [4.78, 5) is 9.13. The van der Waals surface area contributed by atoms with Crippen molar-refractivity contribution in [3.8, 4) is 0 Å². The zero-order chi connectivity index (χ0) is 15.0. The van der Waals surface area contributed by atoms with E-state index in [1.807, 2.05) is 11.3 Å². The monoisotopic (exact) mass is 307 g/mol. The SMILES string of the molecule is CCNCc1sc(N2CC(C)CC(C)C2C)nc1C1CC1. The van der Waals surface area contributed by atoms with Crippen LogP contribution in [0.4, 0.5) is 5.13 Å². The average molecular weight is 308 g/mol. The number of nitrogens with zero attached hydrogens (tertiary/aromatic N) is 2. The number of rotatable bonds is 5. The first kappa shape index (κ1) is 15.3. The van der Waals surface area contributed by atoms with Crippen LogP contribution in [0.2, 0.25) is 0 Å². The molecule has 3 nitrogen and oxygen atoms in total. The molecule has 118 valence electrons. The van der Waals surface area contributed by atoms with Crippen LogP contribution < -0.4 is 10.2 Å². The summed E-state index contributed by atoms with van der Waals surface area (Å²) < 4.78 is 0. The fourth-order valence-corrected chi connectivity index (χ4v) is 4.70. The first-order chi connectivity index (χ1) is 10.1. The molecule has 1 aliphatic heterocycles. The maximum absolute atomic E-state index is 5.07. The third-order valence-electron chi connectivity index (χ3n) is 5.06. The van der Waals surface area contributed by atoms with Crippen LogP contribution in [0.15, 0.2) is 0 Å². The number of aromatic nitrogens is 1. The lowest BCUT2D eigenvalue weighted by molar-refractivity contribution is 0.297. The minimum absolute atomic E-state index is 0.617. The summed E-state index contributed by atoms with van der Waals surface area (Å²) in [7, 11) is 0. The fraction of sp³-hybridized carbons (Fsp3) is 0.824. The Kier molecular flexibility index (Phi) is 4.55. The molecule has 3 atom stereocenters. The maximum Gasteiger partial charge on any atom is 0.186 e. The Morgan fingerprint density at radius 2 is 2.05 bits per heavy atom. The number of anilines is 1. The summed E-state index contributed by atoms with van der Waals surface area (Å²) in [5.41, 5.74) is 1.40. The molecule has 3 rings (SSSR count). The Morgan fingerprint density at radius 1 is 1.29 bits per heavy atom. The molecule has 1 aromatic heterocycles. The molecule has 1 aliphatic carbocycles. The van der Waals surface area contributed by atoms with Crippen molar-refractivity contribution in [2.45, 2.75) is 65.5 Å². The molecule has 1 aromatic rings. The number of piperidine rings is 1. The van der Waals surface area contributed by atoms with Crippen molar-refractivity contribution in [3.63, 3.8) is 0 Å². The largest absolute Gasteiger partial charge is 0.345 e. The Labute approximate surface area is 133 Å². The van der Waals surface area contributed by atoms with Crippen LogP contribution in [0.3, 0.4) is 0 Å². The molecule has 2 fully saturated rings. The Balaban J connectivity index is 1.83. The summed E-state index contributed by atoms with van der Waals surface area (Å²) in [5.74, 6) is 2.29. The van der Waals surface area contributed by atoms with E-state index in [4.69, 9.17) is 4.98 Å². The van der Waals surface area contributed by atoms with Gasteiger partial charge in [0.2, 0.25) is 0 Å². The van der Waals surface area contributed by atoms with Crippen LogP contribution in [0.1, 0.15) is 63.4 Å². The first-order valence-corrected chi connectivity index (χ1v) is 9.38. The van der Waals surface area contributed by atoms with Crippen molar-refractivity contribution < 1.29 is 0 Å². The molecule has 0 spiro atoms.